The SMILES string of the molecule is Cc1ccc(C(=N)c2cc([N+](=O)[O-])cc[c]2[Ru][c]2ccccc2[N+](=O)[O-])cc1. The van der Waals surface area contributed by atoms with Crippen LogP contribution in [0, 0.1) is 32.6 Å². The Morgan fingerprint density at radius 2 is 1.57 bits per heavy atom. The summed E-state index contributed by atoms with van der Waals surface area (Å²) in [5.41, 5.74) is 2.17. The van der Waals surface area contributed by atoms with Crippen LogP contribution < -0.4 is 8.32 Å². The van der Waals surface area contributed by atoms with Crippen LogP contribution in [0.5, 0.6) is 0 Å². The molecule has 3 rings (SSSR count). The van der Waals surface area contributed by atoms with E-state index in [2.05, 4.69) is 0 Å². The fraction of sp³-hybridized carbons (Fsp3) is 0.0500. The number of nitro benzene ring substituents is 2. The molecule has 142 valence electrons. The van der Waals surface area contributed by atoms with Gasteiger partial charge in [-0.2, -0.15) is 0 Å². The third kappa shape index (κ3) is 4.18. The van der Waals surface area contributed by atoms with Gasteiger partial charge in [0.2, 0.25) is 0 Å². The maximum absolute atomic E-state index is 11.3. The monoisotopic (exact) mass is 463 g/mol. The molecule has 0 saturated carbocycles. The summed E-state index contributed by atoms with van der Waals surface area (Å²) in [6, 6.07) is 18.2. The number of para-hydroxylation sites is 1. The van der Waals surface area contributed by atoms with Crippen molar-refractivity contribution in [2.45, 2.75) is 6.92 Å². The van der Waals surface area contributed by atoms with Gasteiger partial charge in [0.1, 0.15) is 0 Å². The van der Waals surface area contributed by atoms with Crippen molar-refractivity contribution in [1.29, 1.82) is 5.41 Å². The van der Waals surface area contributed by atoms with Crippen molar-refractivity contribution in [3.63, 3.8) is 0 Å². The van der Waals surface area contributed by atoms with Crippen LogP contribution >= 0.6 is 0 Å². The number of benzene rings is 3. The Morgan fingerprint density at radius 1 is 0.893 bits per heavy atom. The van der Waals surface area contributed by atoms with Gasteiger partial charge in [-0.05, 0) is 0 Å². The van der Waals surface area contributed by atoms with Gasteiger partial charge >= 0.3 is 168 Å². The number of hydrogen-bond donors (Lipinski definition) is 1. The number of nitrogens with zero attached hydrogens (tertiary/aromatic N) is 2. The van der Waals surface area contributed by atoms with Crippen molar-refractivity contribution >= 4 is 25.4 Å². The molecule has 0 fully saturated rings. The van der Waals surface area contributed by atoms with Gasteiger partial charge in [-0.1, -0.05) is 0 Å². The summed E-state index contributed by atoms with van der Waals surface area (Å²) < 4.78 is 1.28. The third-order valence-electron chi connectivity index (χ3n) is 3.99. The molecule has 28 heavy (non-hydrogen) atoms. The minimum absolute atomic E-state index is 0.0202. The average molecular weight is 462 g/mol. The summed E-state index contributed by atoms with van der Waals surface area (Å²) in [7, 11) is 0. The van der Waals surface area contributed by atoms with E-state index in [1.54, 1.807) is 36.4 Å². The molecular weight excluding hydrogens is 447 g/mol. The van der Waals surface area contributed by atoms with Gasteiger partial charge in [-0.25, -0.2) is 0 Å². The van der Waals surface area contributed by atoms with E-state index >= 15 is 0 Å². The minimum atomic E-state index is -0.798. The molecule has 0 saturated heterocycles. The normalized spacial score (nSPS) is 10.6. The second-order valence-electron chi connectivity index (χ2n) is 5.93. The standard InChI is InChI=1S/C14H11N2O2.C6H4NO2.Ru/c1-10-5-7-11(8-6-10)14(15)12-3-2-4-13(9-12)16(17)18;8-7(9)6-4-2-1-3-5-6;/h2,4-9,15H,1H3;1-4H;. The van der Waals surface area contributed by atoms with Crippen LogP contribution in [0.2, 0.25) is 0 Å². The Balaban J connectivity index is 2.09. The van der Waals surface area contributed by atoms with Crippen LogP contribution in [-0.2, 0) is 17.1 Å². The molecule has 0 aliphatic rings. The molecule has 3 aromatic rings. The molecule has 0 heterocycles. The molecule has 1 N–H and O–H groups in total. The van der Waals surface area contributed by atoms with E-state index < -0.39 is 27.0 Å². The van der Waals surface area contributed by atoms with Crippen molar-refractivity contribution in [2.24, 2.45) is 0 Å². The first-order valence-corrected chi connectivity index (χ1v) is 9.91. The van der Waals surface area contributed by atoms with E-state index in [0.29, 0.717) is 19.4 Å². The summed E-state index contributed by atoms with van der Waals surface area (Å²) in [4.78, 5) is 21.6. The number of hydrogen-bond acceptors (Lipinski definition) is 5. The molecule has 0 spiro atoms. The second kappa shape index (κ2) is 8.19. The van der Waals surface area contributed by atoms with Gasteiger partial charge in [0.15, 0.2) is 0 Å². The average Bonchev–Trinajstić information content (AvgIpc) is 2.68. The van der Waals surface area contributed by atoms with Crippen molar-refractivity contribution in [1.82, 2.24) is 0 Å². The van der Waals surface area contributed by atoms with Crippen LogP contribution in [0.25, 0.3) is 0 Å². The molecule has 7 nitrogen and oxygen atoms in total. The zero-order valence-electron chi connectivity index (χ0n) is 14.7. The Bertz CT molecular complexity index is 1080. The summed E-state index contributed by atoms with van der Waals surface area (Å²) >= 11 is -0.798. The molecule has 0 radical (unpaired) electrons. The fourth-order valence-electron chi connectivity index (χ4n) is 2.53. The van der Waals surface area contributed by atoms with E-state index in [1.807, 2.05) is 19.1 Å². The second-order valence-corrected chi connectivity index (χ2v) is 8.24. The van der Waals surface area contributed by atoms with Gasteiger partial charge in [-0.3, -0.25) is 0 Å². The van der Waals surface area contributed by atoms with E-state index in [0.717, 1.165) is 5.56 Å². The van der Waals surface area contributed by atoms with Crippen molar-refractivity contribution < 1.29 is 27.0 Å². The molecule has 0 aromatic heterocycles. The Labute approximate surface area is 168 Å². The first-order chi connectivity index (χ1) is 13.4. The fourth-order valence-corrected chi connectivity index (χ4v) is 4.74. The van der Waals surface area contributed by atoms with E-state index in [-0.39, 0.29) is 17.1 Å². The summed E-state index contributed by atoms with van der Waals surface area (Å²) in [6.45, 7) is 1.94. The zero-order chi connectivity index (χ0) is 20.3. The van der Waals surface area contributed by atoms with Gasteiger partial charge in [0, 0.05) is 0 Å². The number of aryl methyl sites for hydroxylation is 1. The van der Waals surface area contributed by atoms with Gasteiger partial charge in [0.05, 0.1) is 0 Å². The Hall–Kier alpha value is -3.25. The van der Waals surface area contributed by atoms with Crippen molar-refractivity contribution in [3.05, 3.63) is 104 Å². The molecule has 0 aliphatic heterocycles. The summed E-state index contributed by atoms with van der Waals surface area (Å²) in [6.07, 6.45) is 0. The van der Waals surface area contributed by atoms with Crippen LogP contribution in [-0.4, -0.2) is 15.6 Å². The zero-order valence-corrected chi connectivity index (χ0v) is 16.5. The van der Waals surface area contributed by atoms with Crippen LogP contribution in [0.3, 0.4) is 0 Å². The molecule has 0 aliphatic carbocycles. The van der Waals surface area contributed by atoms with Crippen LogP contribution in [0.4, 0.5) is 11.4 Å². The Kier molecular flexibility index (Phi) is 5.71. The summed E-state index contributed by atoms with van der Waals surface area (Å²) in [5.74, 6) is 0. The number of rotatable bonds is 6. The number of nitrogens with one attached hydrogen (secondary N) is 1. The predicted octanol–water partition coefficient (Wildman–Crippen LogP) is 3.26. The van der Waals surface area contributed by atoms with Crippen molar-refractivity contribution in [2.75, 3.05) is 0 Å². The first-order valence-electron chi connectivity index (χ1n) is 8.17. The van der Waals surface area contributed by atoms with Crippen LogP contribution in [0.1, 0.15) is 16.7 Å². The molecule has 0 amide bonds. The van der Waals surface area contributed by atoms with Gasteiger partial charge in [0.25, 0.3) is 0 Å². The van der Waals surface area contributed by atoms with Crippen molar-refractivity contribution in [3.8, 4) is 0 Å². The maximum atomic E-state index is 11.3. The topological polar surface area (TPSA) is 110 Å². The van der Waals surface area contributed by atoms with Gasteiger partial charge in [-0.15, -0.1) is 0 Å². The predicted molar refractivity (Wildman–Crippen MR) is 103 cm³/mol. The van der Waals surface area contributed by atoms with E-state index in [9.17, 15) is 20.2 Å². The van der Waals surface area contributed by atoms with Gasteiger partial charge < -0.3 is 0 Å². The number of non-ortho nitro benzene ring substituents is 1. The molecule has 8 heteroatoms. The van der Waals surface area contributed by atoms with Crippen LogP contribution in [0.15, 0.2) is 66.7 Å². The molecular formula is C20H15N3O4Ru. The third-order valence-corrected chi connectivity index (χ3v) is 6.42. The molecule has 3 aromatic carbocycles. The first kappa shape index (κ1) is 19.5. The molecule has 0 atom stereocenters. The van der Waals surface area contributed by atoms with E-state index in [1.165, 1.54) is 18.2 Å². The quantitative estimate of drug-likeness (QED) is 0.262. The number of nitro groups is 2. The van der Waals surface area contributed by atoms with E-state index in [4.69, 9.17) is 5.41 Å². The molecule has 0 unspecified atom stereocenters. The molecule has 0 bridgehead atoms. The Morgan fingerprint density at radius 3 is 2.21 bits per heavy atom. The summed E-state index contributed by atoms with van der Waals surface area (Å²) in [5, 5.41) is 31.1.